The van der Waals surface area contributed by atoms with Gasteiger partial charge in [-0.1, -0.05) is 20.8 Å². The molecule has 2 nitrogen and oxygen atoms in total. The summed E-state index contributed by atoms with van der Waals surface area (Å²) in [5, 5.41) is 0. The van der Waals surface area contributed by atoms with Crippen molar-refractivity contribution in [1.82, 2.24) is 9.97 Å². The van der Waals surface area contributed by atoms with Crippen LogP contribution in [0.25, 0.3) is 0 Å². The summed E-state index contributed by atoms with van der Waals surface area (Å²) in [6, 6.07) is 0. The molecule has 1 rings (SSSR count). The zero-order chi connectivity index (χ0) is 11.0. The molecule has 0 bridgehead atoms. The Bertz CT molecular complexity index is 275. The smallest absolute Gasteiger partial charge is 0.240 e. The largest absolute Gasteiger partial charge is 0.419 e. The van der Waals surface area contributed by atoms with Gasteiger partial charge in [0.2, 0.25) is 0 Å². The Hall–Kier alpha value is -1.13. The highest BCUT2D eigenvalue weighted by Gasteiger charge is 2.31. The van der Waals surface area contributed by atoms with Crippen molar-refractivity contribution in [3.05, 3.63) is 23.8 Å². The van der Waals surface area contributed by atoms with Crippen LogP contribution in [0.1, 0.15) is 32.2 Å². The van der Waals surface area contributed by atoms with Gasteiger partial charge in [-0.3, -0.25) is 0 Å². The molecule has 0 aliphatic rings. The Kier molecular flexibility index (Phi) is 2.52. The molecule has 14 heavy (non-hydrogen) atoms. The second kappa shape index (κ2) is 3.22. The van der Waals surface area contributed by atoms with E-state index < -0.39 is 11.7 Å². The Morgan fingerprint density at radius 1 is 1.00 bits per heavy atom. The summed E-state index contributed by atoms with van der Waals surface area (Å²) < 4.78 is 36.4. The second-order valence-corrected chi connectivity index (χ2v) is 4.04. The molecule has 1 aromatic rings. The highest BCUT2D eigenvalue weighted by Crippen LogP contribution is 2.28. The predicted molar refractivity (Wildman–Crippen MR) is 45.7 cm³/mol. The molecule has 0 aliphatic heterocycles. The van der Waals surface area contributed by atoms with Crippen LogP contribution >= 0.6 is 0 Å². The van der Waals surface area contributed by atoms with Crippen LogP contribution in [0.5, 0.6) is 0 Å². The van der Waals surface area contributed by atoms with Gasteiger partial charge in [-0.25, -0.2) is 9.97 Å². The van der Waals surface area contributed by atoms with Crippen molar-refractivity contribution >= 4 is 0 Å². The number of halogens is 3. The third kappa shape index (κ3) is 2.43. The van der Waals surface area contributed by atoms with E-state index in [1.165, 1.54) is 0 Å². The van der Waals surface area contributed by atoms with Crippen molar-refractivity contribution in [2.24, 2.45) is 0 Å². The van der Waals surface area contributed by atoms with Crippen molar-refractivity contribution in [1.29, 1.82) is 0 Å². The molecule has 0 unspecified atom stereocenters. The van der Waals surface area contributed by atoms with Crippen molar-refractivity contribution in [3.8, 4) is 0 Å². The van der Waals surface area contributed by atoms with Crippen LogP contribution in [0.3, 0.4) is 0 Å². The van der Waals surface area contributed by atoms with E-state index >= 15 is 0 Å². The number of rotatable bonds is 0. The first-order valence-electron chi connectivity index (χ1n) is 4.11. The van der Waals surface area contributed by atoms with Crippen LogP contribution in [-0.4, -0.2) is 9.97 Å². The Labute approximate surface area is 80.2 Å². The molecule has 0 aliphatic carbocycles. The minimum Gasteiger partial charge on any atom is -0.240 e. The number of aromatic nitrogens is 2. The molecule has 0 radical (unpaired) electrons. The summed E-state index contributed by atoms with van der Waals surface area (Å²) in [6.45, 7) is 5.53. The van der Waals surface area contributed by atoms with Gasteiger partial charge in [-0.2, -0.15) is 13.2 Å². The molecule has 78 valence electrons. The van der Waals surface area contributed by atoms with Crippen molar-refractivity contribution in [2.45, 2.75) is 32.4 Å². The average Bonchev–Trinajstić information content (AvgIpc) is 2.01. The molecule has 0 aromatic carbocycles. The van der Waals surface area contributed by atoms with Gasteiger partial charge in [0.15, 0.2) is 0 Å². The lowest BCUT2D eigenvalue weighted by atomic mass is 9.96. The highest BCUT2D eigenvalue weighted by molar-refractivity contribution is 5.12. The molecular weight excluding hydrogens is 193 g/mol. The number of nitrogens with zero attached hydrogens (tertiary/aromatic N) is 2. The van der Waals surface area contributed by atoms with E-state index in [4.69, 9.17) is 0 Å². The fourth-order valence-electron chi connectivity index (χ4n) is 0.862. The maximum atomic E-state index is 12.1. The Balaban J connectivity index is 3.02. The molecule has 0 atom stereocenters. The van der Waals surface area contributed by atoms with Gasteiger partial charge in [0, 0.05) is 17.8 Å². The molecule has 0 saturated heterocycles. The quantitative estimate of drug-likeness (QED) is 0.649. The molecule has 0 fully saturated rings. The molecule has 0 spiro atoms. The normalized spacial score (nSPS) is 13.0. The first-order valence-corrected chi connectivity index (χ1v) is 4.11. The topological polar surface area (TPSA) is 25.8 Å². The molecule has 1 heterocycles. The van der Waals surface area contributed by atoms with Crippen molar-refractivity contribution in [2.75, 3.05) is 0 Å². The second-order valence-electron chi connectivity index (χ2n) is 4.04. The number of alkyl halides is 3. The third-order valence-electron chi connectivity index (χ3n) is 1.65. The zero-order valence-corrected chi connectivity index (χ0v) is 8.18. The average molecular weight is 204 g/mol. The molecule has 0 saturated carbocycles. The highest BCUT2D eigenvalue weighted by atomic mass is 19.4. The minimum absolute atomic E-state index is 0.329. The van der Waals surface area contributed by atoms with Gasteiger partial charge in [-0.15, -0.1) is 0 Å². The van der Waals surface area contributed by atoms with Crippen LogP contribution in [0.4, 0.5) is 13.2 Å². The summed E-state index contributed by atoms with van der Waals surface area (Å²) in [4.78, 5) is 7.37. The van der Waals surface area contributed by atoms with Crippen LogP contribution in [0, 0.1) is 0 Å². The molecule has 5 heteroatoms. The van der Waals surface area contributed by atoms with Crippen molar-refractivity contribution < 1.29 is 13.2 Å². The van der Waals surface area contributed by atoms with E-state index in [-0.39, 0.29) is 5.41 Å². The van der Waals surface area contributed by atoms with E-state index in [1.54, 1.807) is 0 Å². The predicted octanol–water partition coefficient (Wildman–Crippen LogP) is 2.79. The van der Waals surface area contributed by atoms with Gasteiger partial charge < -0.3 is 0 Å². The summed E-state index contributed by atoms with van der Waals surface area (Å²) in [5.74, 6) is 0.408. The zero-order valence-electron chi connectivity index (χ0n) is 8.18. The minimum atomic E-state index is -4.36. The maximum absolute atomic E-state index is 12.1. The maximum Gasteiger partial charge on any atom is 0.419 e. The molecule has 0 N–H and O–H groups in total. The van der Waals surface area contributed by atoms with Crippen molar-refractivity contribution in [3.63, 3.8) is 0 Å². The molecule has 0 amide bonds. The van der Waals surface area contributed by atoms with Crippen LogP contribution in [0.15, 0.2) is 12.4 Å². The van der Waals surface area contributed by atoms with Crippen LogP contribution < -0.4 is 0 Å². The third-order valence-corrected chi connectivity index (χ3v) is 1.65. The lowest BCUT2D eigenvalue weighted by molar-refractivity contribution is -0.138. The fourth-order valence-corrected chi connectivity index (χ4v) is 0.862. The number of hydrogen-bond donors (Lipinski definition) is 0. The van der Waals surface area contributed by atoms with Gasteiger partial charge in [0.05, 0.1) is 5.56 Å². The first kappa shape index (κ1) is 10.9. The summed E-state index contributed by atoms with van der Waals surface area (Å²) >= 11 is 0. The Morgan fingerprint density at radius 3 is 1.71 bits per heavy atom. The van der Waals surface area contributed by atoms with Gasteiger partial charge in [-0.05, 0) is 0 Å². The van der Waals surface area contributed by atoms with E-state index in [9.17, 15) is 13.2 Å². The fraction of sp³-hybridized carbons (Fsp3) is 0.556. The van der Waals surface area contributed by atoms with Gasteiger partial charge >= 0.3 is 6.18 Å². The summed E-state index contributed by atoms with van der Waals surface area (Å²) in [6.07, 6.45) is -2.74. The lowest BCUT2D eigenvalue weighted by Gasteiger charge is -2.16. The van der Waals surface area contributed by atoms with Crippen LogP contribution in [0.2, 0.25) is 0 Å². The standard InChI is InChI=1S/C9H11F3N2/c1-8(2,3)7-13-4-6(5-14-7)9(10,11)12/h4-5H,1-3H3. The van der Waals surface area contributed by atoms with Crippen LogP contribution in [-0.2, 0) is 11.6 Å². The van der Waals surface area contributed by atoms with Gasteiger partial charge in [0.1, 0.15) is 5.82 Å². The Morgan fingerprint density at radius 2 is 1.43 bits per heavy atom. The van der Waals surface area contributed by atoms with E-state index in [2.05, 4.69) is 9.97 Å². The summed E-state index contributed by atoms with van der Waals surface area (Å²) in [7, 11) is 0. The molecule has 1 aromatic heterocycles. The SMILES string of the molecule is CC(C)(C)c1ncc(C(F)(F)F)cn1. The lowest BCUT2D eigenvalue weighted by Crippen LogP contribution is -2.17. The number of hydrogen-bond acceptors (Lipinski definition) is 2. The summed E-state index contributed by atoms with van der Waals surface area (Å²) in [5.41, 5.74) is -1.14. The van der Waals surface area contributed by atoms with E-state index in [0.29, 0.717) is 5.82 Å². The van der Waals surface area contributed by atoms with E-state index in [0.717, 1.165) is 12.4 Å². The monoisotopic (exact) mass is 204 g/mol. The van der Waals surface area contributed by atoms with Gasteiger partial charge in [0.25, 0.3) is 0 Å². The van der Waals surface area contributed by atoms with E-state index in [1.807, 2.05) is 20.8 Å². The molecular formula is C9H11F3N2. The first-order chi connectivity index (χ1) is 6.21.